The van der Waals surface area contributed by atoms with Crippen LogP contribution in [-0.2, 0) is 9.59 Å². The van der Waals surface area contributed by atoms with Crippen molar-refractivity contribution in [3.63, 3.8) is 0 Å². The molecule has 1 rings (SSSR count). The molecule has 5 heteroatoms. The summed E-state index contributed by atoms with van der Waals surface area (Å²) < 4.78 is 0. The Hall–Kier alpha value is -0.940. The summed E-state index contributed by atoms with van der Waals surface area (Å²) in [6.45, 7) is 2.84. The van der Waals surface area contributed by atoms with Crippen LogP contribution in [0.4, 0.5) is 0 Å². The fourth-order valence-electron chi connectivity index (χ4n) is 1.53. The molecule has 3 N–H and O–H groups in total. The highest BCUT2D eigenvalue weighted by Crippen LogP contribution is 2.14. The van der Waals surface area contributed by atoms with E-state index in [4.69, 9.17) is 5.73 Å². The van der Waals surface area contributed by atoms with Crippen molar-refractivity contribution in [1.29, 1.82) is 0 Å². The molecule has 88 valence electrons. The minimum Gasteiger partial charge on any atom is -0.358 e. The number of hydrogen-bond acceptors (Lipinski definition) is 4. The molecule has 1 saturated heterocycles. The summed E-state index contributed by atoms with van der Waals surface area (Å²) in [7, 11) is 3.56. The van der Waals surface area contributed by atoms with Crippen molar-refractivity contribution in [3.8, 4) is 0 Å². The highest BCUT2D eigenvalue weighted by atomic mass is 16.1. The Morgan fingerprint density at radius 1 is 1.53 bits per heavy atom. The zero-order valence-electron chi connectivity index (χ0n) is 9.75. The summed E-state index contributed by atoms with van der Waals surface area (Å²) in [6.07, 6.45) is 2.24. The normalized spacial score (nSPS) is 20.4. The van der Waals surface area contributed by atoms with Crippen molar-refractivity contribution >= 4 is 11.7 Å². The lowest BCUT2D eigenvalue weighted by Gasteiger charge is -2.14. The Kier molecular flexibility index (Phi) is 6.90. The highest BCUT2D eigenvalue weighted by molar-refractivity contribution is 5.81. The number of ketones is 1. The molecule has 0 aromatic carbocycles. The van der Waals surface area contributed by atoms with Crippen LogP contribution in [0.25, 0.3) is 0 Å². The van der Waals surface area contributed by atoms with Crippen LogP contribution < -0.4 is 11.1 Å². The van der Waals surface area contributed by atoms with Gasteiger partial charge < -0.3 is 11.1 Å². The van der Waals surface area contributed by atoms with E-state index in [2.05, 4.69) is 10.2 Å². The number of nitrogens with two attached hydrogens (primary N) is 1. The van der Waals surface area contributed by atoms with Crippen LogP contribution in [0.5, 0.6) is 0 Å². The molecule has 5 nitrogen and oxygen atoms in total. The minimum atomic E-state index is -0.130. The molecule has 1 unspecified atom stereocenters. The SMILES string of the molecule is CC(=O)C1CCCN1C.CNC(=O)CN. The molecule has 0 aromatic rings. The summed E-state index contributed by atoms with van der Waals surface area (Å²) in [5, 5.41) is 2.35. The van der Waals surface area contributed by atoms with Crippen LogP contribution in [0, 0.1) is 0 Å². The van der Waals surface area contributed by atoms with Crippen molar-refractivity contribution in [2.24, 2.45) is 5.73 Å². The van der Waals surface area contributed by atoms with Crippen LogP contribution >= 0.6 is 0 Å². The van der Waals surface area contributed by atoms with E-state index in [9.17, 15) is 9.59 Å². The number of likely N-dealkylation sites (N-methyl/N-ethyl adjacent to an activating group) is 2. The van der Waals surface area contributed by atoms with Gasteiger partial charge in [-0.05, 0) is 33.4 Å². The van der Waals surface area contributed by atoms with Gasteiger partial charge in [0.2, 0.25) is 5.91 Å². The summed E-state index contributed by atoms with van der Waals surface area (Å²) in [5.41, 5.74) is 4.87. The molecular weight excluding hydrogens is 194 g/mol. The van der Waals surface area contributed by atoms with E-state index in [1.54, 1.807) is 14.0 Å². The third-order valence-electron chi connectivity index (χ3n) is 2.45. The van der Waals surface area contributed by atoms with Crippen LogP contribution in [0.15, 0.2) is 0 Å². The molecule has 15 heavy (non-hydrogen) atoms. The maximum atomic E-state index is 10.8. The maximum absolute atomic E-state index is 10.8. The van der Waals surface area contributed by atoms with Gasteiger partial charge in [-0.15, -0.1) is 0 Å². The average molecular weight is 215 g/mol. The van der Waals surface area contributed by atoms with Crippen molar-refractivity contribution in [2.75, 3.05) is 27.2 Å². The zero-order valence-corrected chi connectivity index (χ0v) is 9.75. The lowest BCUT2D eigenvalue weighted by atomic mass is 10.1. The lowest BCUT2D eigenvalue weighted by molar-refractivity contribution is -0.121. The van der Waals surface area contributed by atoms with Gasteiger partial charge in [-0.3, -0.25) is 14.5 Å². The predicted molar refractivity (Wildman–Crippen MR) is 59.5 cm³/mol. The van der Waals surface area contributed by atoms with Gasteiger partial charge in [0, 0.05) is 7.05 Å². The van der Waals surface area contributed by atoms with E-state index in [0.29, 0.717) is 5.78 Å². The molecule has 1 aliphatic heterocycles. The number of carbonyl (C=O) groups excluding carboxylic acids is 2. The number of Topliss-reactive ketones (excluding diaryl/α,β-unsaturated/α-hetero) is 1. The molecule has 1 amide bonds. The molecule has 0 bridgehead atoms. The average Bonchev–Trinajstić information content (AvgIpc) is 2.64. The molecule has 0 spiro atoms. The van der Waals surface area contributed by atoms with E-state index < -0.39 is 0 Å². The van der Waals surface area contributed by atoms with Gasteiger partial charge >= 0.3 is 0 Å². The van der Waals surface area contributed by atoms with E-state index in [1.807, 2.05) is 7.05 Å². The molecule has 1 fully saturated rings. The van der Waals surface area contributed by atoms with Crippen molar-refractivity contribution in [2.45, 2.75) is 25.8 Å². The van der Waals surface area contributed by atoms with E-state index in [0.717, 1.165) is 13.0 Å². The first kappa shape index (κ1) is 14.1. The zero-order chi connectivity index (χ0) is 11.8. The summed E-state index contributed by atoms with van der Waals surface area (Å²) in [5.74, 6) is 0.185. The largest absolute Gasteiger partial charge is 0.358 e. The fraction of sp³-hybridized carbons (Fsp3) is 0.800. The second-order valence-corrected chi connectivity index (χ2v) is 3.63. The predicted octanol–water partition coefficient (Wildman–Crippen LogP) is -0.639. The molecule has 1 aliphatic rings. The smallest absolute Gasteiger partial charge is 0.233 e. The Bertz CT molecular complexity index is 213. The van der Waals surface area contributed by atoms with Crippen molar-refractivity contribution in [1.82, 2.24) is 10.2 Å². The number of nitrogens with one attached hydrogen (secondary N) is 1. The molecule has 1 heterocycles. The standard InChI is InChI=1S/C7H13NO.C3H8N2O/c1-6(9)7-4-3-5-8(7)2;1-5-3(6)2-4/h7H,3-5H2,1-2H3;2,4H2,1H3,(H,5,6). The summed E-state index contributed by atoms with van der Waals surface area (Å²) in [6, 6.07) is 0.227. The van der Waals surface area contributed by atoms with E-state index >= 15 is 0 Å². The second kappa shape index (κ2) is 7.36. The molecule has 0 aliphatic carbocycles. The first-order valence-corrected chi connectivity index (χ1v) is 5.14. The lowest BCUT2D eigenvalue weighted by Crippen LogP contribution is -2.30. The maximum Gasteiger partial charge on any atom is 0.233 e. The van der Waals surface area contributed by atoms with Crippen molar-refractivity contribution < 1.29 is 9.59 Å². The van der Waals surface area contributed by atoms with Crippen LogP contribution in [-0.4, -0.2) is 49.8 Å². The first-order chi connectivity index (χ1) is 7.02. The van der Waals surface area contributed by atoms with Gasteiger partial charge in [0.05, 0.1) is 12.6 Å². The van der Waals surface area contributed by atoms with Gasteiger partial charge in [0.25, 0.3) is 0 Å². The highest BCUT2D eigenvalue weighted by Gasteiger charge is 2.23. The van der Waals surface area contributed by atoms with Gasteiger partial charge in [-0.25, -0.2) is 0 Å². The van der Waals surface area contributed by atoms with Crippen LogP contribution in [0.1, 0.15) is 19.8 Å². The van der Waals surface area contributed by atoms with Gasteiger partial charge in [0.1, 0.15) is 5.78 Å². The number of nitrogens with zero attached hydrogens (tertiary/aromatic N) is 1. The molecule has 0 aromatic heterocycles. The second-order valence-electron chi connectivity index (χ2n) is 3.63. The Balaban J connectivity index is 0.000000288. The Morgan fingerprint density at radius 3 is 2.27 bits per heavy atom. The summed E-state index contributed by atoms with van der Waals surface area (Å²) >= 11 is 0. The van der Waals surface area contributed by atoms with E-state index in [1.165, 1.54) is 6.42 Å². The third kappa shape index (κ3) is 5.49. The topological polar surface area (TPSA) is 75.4 Å². The molecular formula is C10H21N3O2. The van der Waals surface area contributed by atoms with Crippen LogP contribution in [0.2, 0.25) is 0 Å². The number of likely N-dealkylation sites (tertiary alicyclic amines) is 1. The Morgan fingerprint density at radius 2 is 2.13 bits per heavy atom. The van der Waals surface area contributed by atoms with Gasteiger partial charge in [-0.1, -0.05) is 0 Å². The monoisotopic (exact) mass is 215 g/mol. The number of rotatable bonds is 2. The van der Waals surface area contributed by atoms with Gasteiger partial charge in [-0.2, -0.15) is 0 Å². The van der Waals surface area contributed by atoms with Crippen LogP contribution in [0.3, 0.4) is 0 Å². The fourth-order valence-corrected chi connectivity index (χ4v) is 1.53. The van der Waals surface area contributed by atoms with Gasteiger partial charge in [0.15, 0.2) is 0 Å². The molecule has 1 atom stereocenters. The minimum absolute atomic E-state index is 0.0799. The summed E-state index contributed by atoms with van der Waals surface area (Å²) in [4.78, 5) is 22.9. The molecule has 0 saturated carbocycles. The number of hydrogen-bond donors (Lipinski definition) is 2. The Labute approximate surface area is 91.0 Å². The first-order valence-electron chi connectivity index (χ1n) is 5.14. The quantitative estimate of drug-likeness (QED) is 0.642. The van der Waals surface area contributed by atoms with E-state index in [-0.39, 0.29) is 18.5 Å². The number of carbonyl (C=O) groups is 2. The number of amides is 1. The van der Waals surface area contributed by atoms with Crippen molar-refractivity contribution in [3.05, 3.63) is 0 Å². The third-order valence-corrected chi connectivity index (χ3v) is 2.45. The molecule has 0 radical (unpaired) electrons.